The number of H-pyrrole nitrogens is 1. The maximum atomic E-state index is 11.6. The quantitative estimate of drug-likeness (QED) is 0.650. The highest BCUT2D eigenvalue weighted by Crippen LogP contribution is 2.29. The maximum Gasteiger partial charge on any atom is 0.237 e. The summed E-state index contributed by atoms with van der Waals surface area (Å²) in [5, 5.41) is 4.50. The number of hydrogen-bond donors (Lipinski definition) is 3. The molecule has 5 nitrogen and oxygen atoms in total. The zero-order valence-electron chi connectivity index (χ0n) is 10.8. The van der Waals surface area contributed by atoms with Gasteiger partial charge in [0.05, 0.1) is 5.54 Å². The number of rotatable bonds is 7. The van der Waals surface area contributed by atoms with Gasteiger partial charge in [-0.2, -0.15) is 0 Å². The molecule has 1 aromatic heterocycles. The summed E-state index contributed by atoms with van der Waals surface area (Å²) in [6, 6.07) is 0.461. The van der Waals surface area contributed by atoms with Gasteiger partial charge in [0.2, 0.25) is 5.91 Å². The number of hydrogen-bond acceptors (Lipinski definition) is 4. The third-order valence-corrected chi connectivity index (χ3v) is 4.14. The van der Waals surface area contributed by atoms with Crippen molar-refractivity contribution in [1.29, 1.82) is 0 Å². The van der Waals surface area contributed by atoms with E-state index in [0.29, 0.717) is 12.5 Å². The van der Waals surface area contributed by atoms with Gasteiger partial charge in [-0.1, -0.05) is 18.7 Å². The third-order valence-electron chi connectivity index (χ3n) is 3.13. The average Bonchev–Trinajstić information content (AvgIpc) is 2.92. The molecule has 1 fully saturated rings. The van der Waals surface area contributed by atoms with Crippen molar-refractivity contribution < 1.29 is 4.79 Å². The summed E-state index contributed by atoms with van der Waals surface area (Å²) in [5.41, 5.74) is 4.91. The molecule has 4 N–H and O–H groups in total. The molecule has 1 amide bonds. The van der Waals surface area contributed by atoms with Gasteiger partial charge in [-0.05, 0) is 26.2 Å². The fourth-order valence-electron chi connectivity index (χ4n) is 2.03. The second-order valence-electron chi connectivity index (χ2n) is 5.14. The molecule has 1 heterocycles. The van der Waals surface area contributed by atoms with E-state index in [2.05, 4.69) is 22.2 Å². The van der Waals surface area contributed by atoms with Gasteiger partial charge in [-0.3, -0.25) is 4.79 Å². The van der Waals surface area contributed by atoms with Crippen LogP contribution in [-0.4, -0.2) is 32.7 Å². The number of imidazole rings is 1. The number of primary amides is 1. The molecule has 0 radical (unpaired) electrons. The van der Waals surface area contributed by atoms with Crippen LogP contribution in [0.1, 0.15) is 33.1 Å². The Labute approximate surface area is 111 Å². The molecule has 6 heteroatoms. The second kappa shape index (κ2) is 5.32. The molecule has 18 heavy (non-hydrogen) atoms. The van der Waals surface area contributed by atoms with Crippen LogP contribution in [0, 0.1) is 0 Å². The molecule has 1 saturated carbocycles. The summed E-state index contributed by atoms with van der Waals surface area (Å²) in [6.07, 6.45) is 6.50. The molecular formula is C12H20N4OS. The van der Waals surface area contributed by atoms with Crippen molar-refractivity contribution >= 4 is 17.7 Å². The number of aromatic nitrogens is 2. The number of nitrogens with two attached hydrogens (primary N) is 1. The van der Waals surface area contributed by atoms with Crippen LogP contribution >= 0.6 is 11.8 Å². The Balaban J connectivity index is 1.92. The molecule has 0 bridgehead atoms. The first-order valence-electron chi connectivity index (χ1n) is 6.23. The van der Waals surface area contributed by atoms with Gasteiger partial charge in [0.15, 0.2) is 5.16 Å². The average molecular weight is 268 g/mol. The lowest BCUT2D eigenvalue weighted by Crippen LogP contribution is -2.55. The zero-order valence-corrected chi connectivity index (χ0v) is 11.6. The number of thioether (sulfide) groups is 1. The van der Waals surface area contributed by atoms with Crippen LogP contribution < -0.4 is 11.1 Å². The van der Waals surface area contributed by atoms with E-state index >= 15 is 0 Å². The van der Waals surface area contributed by atoms with E-state index in [1.54, 1.807) is 24.2 Å². The Hall–Kier alpha value is -1.01. The van der Waals surface area contributed by atoms with Crippen LogP contribution in [-0.2, 0) is 4.79 Å². The van der Waals surface area contributed by atoms with Gasteiger partial charge < -0.3 is 16.0 Å². The van der Waals surface area contributed by atoms with Gasteiger partial charge in [-0.15, -0.1) is 0 Å². The van der Waals surface area contributed by atoms with Crippen LogP contribution in [0.2, 0.25) is 0 Å². The van der Waals surface area contributed by atoms with E-state index in [4.69, 9.17) is 5.73 Å². The first-order chi connectivity index (χ1) is 8.49. The van der Waals surface area contributed by atoms with Crippen LogP contribution in [0.25, 0.3) is 0 Å². The molecule has 2 unspecified atom stereocenters. The van der Waals surface area contributed by atoms with Gasteiger partial charge in [0.1, 0.15) is 0 Å². The highest BCUT2D eigenvalue weighted by molar-refractivity contribution is 7.99. The summed E-state index contributed by atoms with van der Waals surface area (Å²) < 4.78 is 0. The summed E-state index contributed by atoms with van der Waals surface area (Å²) in [5.74, 6) is -0.277. The minimum atomic E-state index is -0.625. The molecule has 100 valence electrons. The standard InChI is InChI=1S/C12H20N4OS/c1-8(18-11-14-5-6-15-11)7-12(2,10(13)17)16-9-3-4-9/h5-6,8-9,16H,3-4,7H2,1-2H3,(H2,13,17)(H,14,15). The lowest BCUT2D eigenvalue weighted by atomic mass is 9.95. The minimum Gasteiger partial charge on any atom is -0.368 e. The van der Waals surface area contributed by atoms with Crippen molar-refractivity contribution in [2.45, 2.75) is 55.1 Å². The van der Waals surface area contributed by atoms with E-state index in [0.717, 1.165) is 18.0 Å². The van der Waals surface area contributed by atoms with Crippen molar-refractivity contribution in [3.8, 4) is 0 Å². The van der Waals surface area contributed by atoms with Crippen molar-refractivity contribution in [2.24, 2.45) is 5.73 Å². The van der Waals surface area contributed by atoms with E-state index in [1.165, 1.54) is 0 Å². The molecular weight excluding hydrogens is 248 g/mol. The maximum absolute atomic E-state index is 11.6. The number of carbonyl (C=O) groups is 1. The second-order valence-corrected chi connectivity index (χ2v) is 6.57. The number of amides is 1. The molecule has 1 aromatic rings. The van der Waals surface area contributed by atoms with Gasteiger partial charge >= 0.3 is 0 Å². The van der Waals surface area contributed by atoms with E-state index in [-0.39, 0.29) is 11.2 Å². The topological polar surface area (TPSA) is 83.8 Å². The summed E-state index contributed by atoms with van der Waals surface area (Å²) in [6.45, 7) is 3.98. The Kier molecular flexibility index (Phi) is 3.97. The molecule has 0 aliphatic heterocycles. The van der Waals surface area contributed by atoms with E-state index < -0.39 is 5.54 Å². The number of nitrogens with zero attached hydrogens (tertiary/aromatic N) is 1. The Morgan fingerprint density at radius 1 is 1.78 bits per heavy atom. The molecule has 2 rings (SSSR count). The van der Waals surface area contributed by atoms with Crippen molar-refractivity contribution in [3.63, 3.8) is 0 Å². The van der Waals surface area contributed by atoms with Gasteiger partial charge in [-0.25, -0.2) is 4.98 Å². The number of carbonyl (C=O) groups excluding carboxylic acids is 1. The monoisotopic (exact) mass is 268 g/mol. The Morgan fingerprint density at radius 3 is 3.00 bits per heavy atom. The molecule has 1 aliphatic carbocycles. The first-order valence-corrected chi connectivity index (χ1v) is 7.11. The van der Waals surface area contributed by atoms with E-state index in [9.17, 15) is 4.79 Å². The lowest BCUT2D eigenvalue weighted by molar-refractivity contribution is -0.124. The molecule has 1 aliphatic rings. The largest absolute Gasteiger partial charge is 0.368 e. The molecule has 0 spiro atoms. The van der Waals surface area contributed by atoms with Crippen LogP contribution in [0.5, 0.6) is 0 Å². The third kappa shape index (κ3) is 3.49. The highest BCUT2D eigenvalue weighted by atomic mass is 32.2. The first kappa shape index (κ1) is 13.4. The predicted octanol–water partition coefficient (Wildman–Crippen LogP) is 1.28. The SMILES string of the molecule is CC(CC(C)(NC1CC1)C(N)=O)Sc1ncc[nH]1. The molecule has 0 aromatic carbocycles. The number of aromatic amines is 1. The number of nitrogens with one attached hydrogen (secondary N) is 2. The Morgan fingerprint density at radius 2 is 2.50 bits per heavy atom. The van der Waals surface area contributed by atoms with Gasteiger partial charge in [0.25, 0.3) is 0 Å². The normalized spacial score (nSPS) is 20.3. The van der Waals surface area contributed by atoms with Crippen molar-refractivity contribution in [1.82, 2.24) is 15.3 Å². The van der Waals surface area contributed by atoms with Crippen LogP contribution in [0.15, 0.2) is 17.6 Å². The summed E-state index contributed by atoms with van der Waals surface area (Å²) in [7, 11) is 0. The summed E-state index contributed by atoms with van der Waals surface area (Å²) in [4.78, 5) is 18.9. The van der Waals surface area contributed by atoms with Gasteiger partial charge in [0, 0.05) is 23.7 Å². The van der Waals surface area contributed by atoms with Crippen LogP contribution in [0.3, 0.4) is 0 Å². The van der Waals surface area contributed by atoms with Crippen LogP contribution in [0.4, 0.5) is 0 Å². The summed E-state index contributed by atoms with van der Waals surface area (Å²) >= 11 is 1.63. The fourth-order valence-corrected chi connectivity index (χ4v) is 3.09. The predicted molar refractivity (Wildman–Crippen MR) is 72.3 cm³/mol. The molecule has 2 atom stereocenters. The van der Waals surface area contributed by atoms with E-state index in [1.807, 2.05) is 6.92 Å². The minimum absolute atomic E-state index is 0.264. The lowest BCUT2D eigenvalue weighted by Gasteiger charge is -2.30. The fraction of sp³-hybridized carbons (Fsp3) is 0.667. The van der Waals surface area contributed by atoms with Crippen molar-refractivity contribution in [2.75, 3.05) is 0 Å². The van der Waals surface area contributed by atoms with Crippen molar-refractivity contribution in [3.05, 3.63) is 12.4 Å². The zero-order chi connectivity index (χ0) is 13.2. The highest BCUT2D eigenvalue weighted by Gasteiger charge is 2.38. The Bertz CT molecular complexity index is 404. The smallest absolute Gasteiger partial charge is 0.237 e. The molecule has 0 saturated heterocycles.